The Hall–Kier alpha value is -6.52. The van der Waals surface area contributed by atoms with E-state index in [9.17, 15) is 28.8 Å². The van der Waals surface area contributed by atoms with Gasteiger partial charge in [-0.15, -0.1) is 0 Å². The van der Waals surface area contributed by atoms with Crippen LogP contribution in [0.4, 0.5) is 28.8 Å². The number of methoxy groups -OCH3 is 1. The number of carbonyl (C=O) groups is 6. The topological polar surface area (TPSA) is 235 Å². The Kier molecular flexibility index (Phi) is 19.4. The van der Waals surface area contributed by atoms with E-state index >= 15 is 0 Å². The van der Waals surface area contributed by atoms with Gasteiger partial charge in [0.15, 0.2) is 5.82 Å². The number of imide groups is 1. The lowest BCUT2D eigenvalue weighted by Gasteiger charge is -2.40. The number of benzene rings is 3. The van der Waals surface area contributed by atoms with Crippen molar-refractivity contribution in [2.45, 2.75) is 77.0 Å². The quantitative estimate of drug-likeness (QED) is 0.0387. The second-order valence-corrected chi connectivity index (χ2v) is 18.4. The number of nitrogens with zero attached hydrogens (tertiary/aromatic N) is 5. The predicted molar refractivity (Wildman–Crippen MR) is 273 cm³/mol. The molecule has 21 heteroatoms. The Labute approximate surface area is 427 Å². The SMILES string of the molecule is CC[C@@H]1C(=O)N(C)c2cnc(Nc3ccc(C(=O)NCCOCCOCCOCCNCCCCCC(=O)Nc4cccc5c4CN(C4CCC(=O)NC4=O)C5=O)cc3OC)nc2N1Cc1ccc(Br)cc1. The number of amides is 6. The number of ether oxygens (including phenoxy) is 4. The van der Waals surface area contributed by atoms with E-state index in [1.807, 2.05) is 36.1 Å². The van der Waals surface area contributed by atoms with Gasteiger partial charge in [0.05, 0.1) is 58.6 Å². The second kappa shape index (κ2) is 26.3. The highest BCUT2D eigenvalue weighted by atomic mass is 79.9. The summed E-state index contributed by atoms with van der Waals surface area (Å²) in [6.45, 7) is 6.94. The molecule has 1 aromatic heterocycles. The Morgan fingerprint density at radius 1 is 0.875 bits per heavy atom. The molecular formula is C51H63BrN10O10. The number of fused-ring (bicyclic) bond motifs is 2. The van der Waals surface area contributed by atoms with Crippen LogP contribution in [0.25, 0.3) is 0 Å². The van der Waals surface area contributed by atoms with Crippen LogP contribution in [0.5, 0.6) is 5.75 Å². The van der Waals surface area contributed by atoms with E-state index < -0.39 is 18.0 Å². The highest BCUT2D eigenvalue weighted by Gasteiger charge is 2.40. The Bertz CT molecular complexity index is 2570. The van der Waals surface area contributed by atoms with Gasteiger partial charge in [0.1, 0.15) is 23.5 Å². The lowest BCUT2D eigenvalue weighted by Crippen LogP contribution is -2.52. The fraction of sp³-hybridized carbons (Fsp3) is 0.451. The molecule has 384 valence electrons. The van der Waals surface area contributed by atoms with E-state index in [-0.39, 0.29) is 48.9 Å². The molecule has 4 aromatic rings. The Balaban J connectivity index is 0.704. The van der Waals surface area contributed by atoms with Gasteiger partial charge in [-0.3, -0.25) is 34.1 Å². The van der Waals surface area contributed by atoms with E-state index in [2.05, 4.69) is 47.5 Å². The second-order valence-electron chi connectivity index (χ2n) is 17.5. The van der Waals surface area contributed by atoms with Gasteiger partial charge in [0, 0.05) is 72.9 Å². The molecule has 4 heterocycles. The van der Waals surface area contributed by atoms with Crippen molar-refractivity contribution in [3.63, 3.8) is 0 Å². The normalized spacial score (nSPS) is 16.4. The summed E-state index contributed by atoms with van der Waals surface area (Å²) in [7, 11) is 3.26. The van der Waals surface area contributed by atoms with Crippen molar-refractivity contribution >= 4 is 80.2 Å². The summed E-state index contributed by atoms with van der Waals surface area (Å²) in [5.74, 6) is -0.152. The third kappa shape index (κ3) is 13.9. The van der Waals surface area contributed by atoms with Gasteiger partial charge in [-0.1, -0.05) is 47.5 Å². The van der Waals surface area contributed by atoms with Crippen LogP contribution in [0.1, 0.15) is 83.7 Å². The minimum atomic E-state index is -0.711. The van der Waals surface area contributed by atoms with Crippen molar-refractivity contribution in [1.82, 2.24) is 30.8 Å². The lowest BCUT2D eigenvalue weighted by atomic mass is 10.0. The summed E-state index contributed by atoms with van der Waals surface area (Å²) in [6, 6.07) is 17.1. The number of rotatable bonds is 27. The first kappa shape index (κ1) is 53.3. The van der Waals surface area contributed by atoms with Crippen LogP contribution in [0.15, 0.2) is 71.3 Å². The largest absolute Gasteiger partial charge is 0.495 e. The van der Waals surface area contributed by atoms with Crippen LogP contribution in [0.3, 0.4) is 0 Å². The van der Waals surface area contributed by atoms with Crippen molar-refractivity contribution in [3.05, 3.63) is 93.6 Å². The van der Waals surface area contributed by atoms with Crippen molar-refractivity contribution in [3.8, 4) is 5.75 Å². The number of piperidine rings is 1. The third-order valence-electron chi connectivity index (χ3n) is 12.6. The number of aromatic nitrogens is 2. The summed E-state index contributed by atoms with van der Waals surface area (Å²) in [6.07, 6.45) is 5.53. The monoisotopic (exact) mass is 1050 g/mol. The maximum absolute atomic E-state index is 13.3. The molecule has 2 atom stereocenters. The molecule has 1 fully saturated rings. The van der Waals surface area contributed by atoms with E-state index in [1.165, 1.54) is 12.0 Å². The van der Waals surface area contributed by atoms with Gasteiger partial charge >= 0.3 is 0 Å². The fourth-order valence-corrected chi connectivity index (χ4v) is 8.96. The molecule has 6 amide bonds. The van der Waals surface area contributed by atoms with Crippen molar-refractivity contribution in [2.75, 3.05) is 93.9 Å². The molecule has 0 saturated carbocycles. The van der Waals surface area contributed by atoms with Crippen molar-refractivity contribution in [2.24, 2.45) is 0 Å². The standard InChI is InChI=1S/C51H63BrN10O10/c1-4-40-50(68)60(2)42-30-55-51(59-46(42)61(40)31-33-12-15-35(52)16-13-33)57-39-17-14-34(29-43(39)69-3)47(65)54-22-24-71-26-28-72-27-25-70-23-21-53-20-7-5-6-11-44(63)56-38-10-8-9-36-37(38)32-62(49(36)67)41-18-19-45(64)58-48(41)66/h8-10,12-17,29-30,40-41,53H,4-7,11,18-28,31-32H2,1-3H3,(H,54,65)(H,56,63)(H,55,57,59)(H,58,64,66)/t40-,41?/m1/s1. The minimum absolute atomic E-state index is 0.0208. The summed E-state index contributed by atoms with van der Waals surface area (Å²) >= 11 is 3.49. The van der Waals surface area contributed by atoms with Gasteiger partial charge in [-0.2, -0.15) is 4.98 Å². The van der Waals surface area contributed by atoms with E-state index in [0.717, 1.165) is 29.4 Å². The lowest BCUT2D eigenvalue weighted by molar-refractivity contribution is -0.137. The summed E-state index contributed by atoms with van der Waals surface area (Å²) < 4.78 is 23.5. The fourth-order valence-electron chi connectivity index (χ4n) is 8.70. The van der Waals surface area contributed by atoms with Crippen LogP contribution in [0.2, 0.25) is 0 Å². The van der Waals surface area contributed by atoms with Gasteiger partial charge < -0.3 is 54.9 Å². The van der Waals surface area contributed by atoms with Gasteiger partial charge in [-0.25, -0.2) is 4.98 Å². The molecule has 1 unspecified atom stereocenters. The Morgan fingerprint density at radius 3 is 2.36 bits per heavy atom. The first-order valence-electron chi connectivity index (χ1n) is 24.3. The molecular weight excluding hydrogens is 993 g/mol. The average molecular weight is 1060 g/mol. The molecule has 3 aliphatic rings. The van der Waals surface area contributed by atoms with Gasteiger partial charge in [-0.05, 0) is 80.3 Å². The first-order chi connectivity index (χ1) is 34.9. The average Bonchev–Trinajstić information content (AvgIpc) is 3.71. The van der Waals surface area contributed by atoms with Gasteiger partial charge in [0.25, 0.3) is 11.8 Å². The van der Waals surface area contributed by atoms with Crippen LogP contribution in [-0.4, -0.2) is 136 Å². The van der Waals surface area contributed by atoms with Crippen molar-refractivity contribution in [1.29, 1.82) is 0 Å². The highest BCUT2D eigenvalue weighted by molar-refractivity contribution is 9.10. The van der Waals surface area contributed by atoms with Gasteiger partial charge in [0.2, 0.25) is 29.6 Å². The number of hydrogen-bond donors (Lipinski definition) is 5. The molecule has 3 aromatic carbocycles. The van der Waals surface area contributed by atoms with Crippen molar-refractivity contribution < 1.29 is 47.7 Å². The number of hydrogen-bond acceptors (Lipinski definition) is 15. The molecule has 7 rings (SSSR count). The number of carbonyl (C=O) groups excluding carboxylic acids is 6. The summed E-state index contributed by atoms with van der Waals surface area (Å²) in [5.41, 5.74) is 4.33. The number of anilines is 5. The number of unbranched alkanes of at least 4 members (excludes halogenated alkanes) is 2. The number of likely N-dealkylation sites (N-methyl/N-ethyl adjacent to an activating group) is 1. The smallest absolute Gasteiger partial charge is 0.255 e. The van der Waals surface area contributed by atoms with Crippen LogP contribution in [-0.2, 0) is 46.5 Å². The van der Waals surface area contributed by atoms with Crippen LogP contribution < -0.4 is 41.1 Å². The number of nitrogens with one attached hydrogen (secondary N) is 5. The zero-order chi connectivity index (χ0) is 51.0. The Morgan fingerprint density at radius 2 is 1.62 bits per heavy atom. The zero-order valence-electron chi connectivity index (χ0n) is 40.9. The van der Waals surface area contributed by atoms with Crippen LogP contribution in [0, 0.1) is 0 Å². The molecule has 5 N–H and O–H groups in total. The molecule has 0 aliphatic carbocycles. The molecule has 72 heavy (non-hydrogen) atoms. The summed E-state index contributed by atoms with van der Waals surface area (Å²) in [4.78, 5) is 90.6. The molecule has 0 bridgehead atoms. The molecule has 0 radical (unpaired) electrons. The third-order valence-corrected chi connectivity index (χ3v) is 13.1. The molecule has 20 nitrogen and oxygen atoms in total. The van der Waals surface area contributed by atoms with E-state index in [0.29, 0.717) is 130 Å². The highest BCUT2D eigenvalue weighted by Crippen LogP contribution is 2.38. The first-order valence-corrected chi connectivity index (χ1v) is 25.1. The maximum Gasteiger partial charge on any atom is 0.255 e. The minimum Gasteiger partial charge on any atom is -0.495 e. The molecule has 0 spiro atoms. The molecule has 3 aliphatic heterocycles. The zero-order valence-corrected chi connectivity index (χ0v) is 42.5. The van der Waals surface area contributed by atoms with Crippen LogP contribution >= 0.6 is 15.9 Å². The number of halogens is 1. The summed E-state index contributed by atoms with van der Waals surface area (Å²) in [5, 5.41) is 14.7. The van der Waals surface area contributed by atoms with E-state index in [1.54, 1.807) is 54.5 Å². The molecule has 1 saturated heterocycles. The van der Waals surface area contributed by atoms with E-state index in [4.69, 9.17) is 23.9 Å². The predicted octanol–water partition coefficient (Wildman–Crippen LogP) is 5.08. The maximum atomic E-state index is 13.3.